The van der Waals surface area contributed by atoms with Crippen LogP contribution in [0.3, 0.4) is 0 Å². The van der Waals surface area contributed by atoms with E-state index in [-0.39, 0.29) is 17.9 Å². The van der Waals surface area contributed by atoms with E-state index in [1.54, 1.807) is 17.7 Å². The third-order valence-corrected chi connectivity index (χ3v) is 3.02. The number of esters is 1. The summed E-state index contributed by atoms with van der Waals surface area (Å²) in [6.07, 6.45) is 1.29. The second kappa shape index (κ2) is 7.40. The van der Waals surface area contributed by atoms with Crippen molar-refractivity contribution in [2.75, 3.05) is 6.61 Å². The monoisotopic (exact) mass is 313 g/mol. The second-order valence-corrected chi connectivity index (χ2v) is 4.87. The number of aromatic nitrogens is 2. The molecule has 120 valence electrons. The lowest BCUT2D eigenvalue weighted by Crippen LogP contribution is -2.10. The lowest BCUT2D eigenvalue weighted by Gasteiger charge is -2.05. The summed E-state index contributed by atoms with van der Waals surface area (Å²) in [6.45, 7) is 5.20. The number of aliphatic hydroxyl groups is 1. The molecule has 0 bridgehead atoms. The van der Waals surface area contributed by atoms with Crippen molar-refractivity contribution < 1.29 is 14.6 Å². The number of benzene rings is 1. The highest BCUT2D eigenvalue weighted by molar-refractivity contribution is 6.10. The summed E-state index contributed by atoms with van der Waals surface area (Å²) in [5.74, 6) is -0.204. The molecule has 0 saturated heterocycles. The van der Waals surface area contributed by atoms with E-state index in [9.17, 15) is 9.90 Å². The van der Waals surface area contributed by atoms with Gasteiger partial charge in [-0.2, -0.15) is 5.10 Å². The number of nitrogens with zero attached hydrogens (tertiary/aromatic N) is 3. The highest BCUT2D eigenvalue weighted by atomic mass is 16.5. The SMILES string of the molecule is CCOC(=O)C(C=Nc1cc(C)nn1-c1ccccc1)=C(C)O. The molecule has 0 atom stereocenters. The Bertz CT molecular complexity index is 742. The summed E-state index contributed by atoms with van der Waals surface area (Å²) < 4.78 is 6.57. The Labute approximate surface area is 134 Å². The second-order valence-electron chi connectivity index (χ2n) is 4.87. The zero-order valence-electron chi connectivity index (χ0n) is 13.4. The van der Waals surface area contributed by atoms with Crippen LogP contribution in [0.1, 0.15) is 19.5 Å². The Morgan fingerprint density at radius 3 is 2.70 bits per heavy atom. The first-order valence-electron chi connectivity index (χ1n) is 7.26. The molecule has 0 radical (unpaired) electrons. The number of carbonyl (C=O) groups excluding carboxylic acids is 1. The van der Waals surface area contributed by atoms with E-state index >= 15 is 0 Å². The van der Waals surface area contributed by atoms with Crippen molar-refractivity contribution in [1.29, 1.82) is 0 Å². The van der Waals surface area contributed by atoms with Crippen molar-refractivity contribution in [2.24, 2.45) is 4.99 Å². The van der Waals surface area contributed by atoms with E-state index < -0.39 is 5.97 Å². The summed E-state index contributed by atoms with van der Waals surface area (Å²) in [4.78, 5) is 16.1. The number of ether oxygens (including phenoxy) is 1. The van der Waals surface area contributed by atoms with Crippen LogP contribution in [0.15, 0.2) is 52.7 Å². The molecule has 0 unspecified atom stereocenters. The molecule has 0 spiro atoms. The van der Waals surface area contributed by atoms with Crippen LogP contribution in [0, 0.1) is 6.92 Å². The van der Waals surface area contributed by atoms with Gasteiger partial charge in [-0.3, -0.25) is 0 Å². The molecule has 6 heteroatoms. The first-order chi connectivity index (χ1) is 11.0. The molecule has 23 heavy (non-hydrogen) atoms. The van der Waals surface area contributed by atoms with Crippen molar-refractivity contribution >= 4 is 18.0 Å². The minimum atomic E-state index is -0.612. The van der Waals surface area contributed by atoms with E-state index in [0.717, 1.165) is 11.4 Å². The van der Waals surface area contributed by atoms with E-state index in [0.29, 0.717) is 5.82 Å². The number of aryl methyl sites for hydroxylation is 1. The molecule has 1 N–H and O–H groups in total. The zero-order valence-corrected chi connectivity index (χ0v) is 13.4. The van der Waals surface area contributed by atoms with E-state index in [2.05, 4.69) is 10.1 Å². The fraction of sp³-hybridized carbons (Fsp3) is 0.235. The van der Waals surface area contributed by atoms with Gasteiger partial charge in [0, 0.05) is 12.3 Å². The molecule has 0 saturated carbocycles. The maximum absolute atomic E-state index is 11.8. The minimum Gasteiger partial charge on any atom is -0.512 e. The fourth-order valence-electron chi connectivity index (χ4n) is 1.97. The quantitative estimate of drug-likeness (QED) is 0.398. The van der Waals surface area contributed by atoms with Crippen molar-refractivity contribution in [3.05, 3.63) is 53.4 Å². The average molecular weight is 313 g/mol. The normalized spacial score (nSPS) is 12.3. The maximum atomic E-state index is 11.8. The van der Waals surface area contributed by atoms with Crippen LogP contribution in [-0.4, -0.2) is 33.7 Å². The lowest BCUT2D eigenvalue weighted by atomic mass is 10.2. The first kappa shape index (κ1) is 16.5. The Balaban J connectivity index is 2.37. The van der Waals surface area contributed by atoms with E-state index in [1.165, 1.54) is 13.1 Å². The van der Waals surface area contributed by atoms with Crippen molar-refractivity contribution in [2.45, 2.75) is 20.8 Å². The molecule has 0 aliphatic rings. The molecule has 0 fully saturated rings. The van der Waals surface area contributed by atoms with Crippen LogP contribution in [0.5, 0.6) is 0 Å². The van der Waals surface area contributed by atoms with E-state index in [1.807, 2.05) is 37.3 Å². The number of aliphatic imine (C=N–C) groups is 1. The van der Waals surface area contributed by atoms with Gasteiger partial charge >= 0.3 is 5.97 Å². The topological polar surface area (TPSA) is 76.7 Å². The third kappa shape index (κ3) is 4.06. The van der Waals surface area contributed by atoms with Gasteiger partial charge in [0.15, 0.2) is 5.82 Å². The van der Waals surface area contributed by atoms with Crippen molar-refractivity contribution in [3.63, 3.8) is 0 Å². The summed E-state index contributed by atoms with van der Waals surface area (Å²) in [5, 5.41) is 14.0. The van der Waals surface area contributed by atoms with Crippen LogP contribution < -0.4 is 0 Å². The maximum Gasteiger partial charge on any atom is 0.343 e. The van der Waals surface area contributed by atoms with Gasteiger partial charge in [-0.05, 0) is 32.9 Å². The smallest absolute Gasteiger partial charge is 0.343 e. The molecule has 2 aromatic rings. The molecular weight excluding hydrogens is 294 g/mol. The summed E-state index contributed by atoms with van der Waals surface area (Å²) in [7, 11) is 0. The highest BCUT2D eigenvalue weighted by Gasteiger charge is 2.13. The molecular formula is C17H19N3O3. The third-order valence-electron chi connectivity index (χ3n) is 3.02. The number of carbonyl (C=O) groups is 1. The van der Waals surface area contributed by atoms with Crippen molar-refractivity contribution in [1.82, 2.24) is 9.78 Å². The Kier molecular flexibility index (Phi) is 5.30. The fourth-order valence-corrected chi connectivity index (χ4v) is 1.97. The summed E-state index contributed by atoms with van der Waals surface area (Å²) in [5.41, 5.74) is 1.67. The van der Waals surface area contributed by atoms with Gasteiger partial charge in [0.25, 0.3) is 0 Å². The Morgan fingerprint density at radius 2 is 2.09 bits per heavy atom. The molecule has 0 aliphatic carbocycles. The molecule has 1 aromatic heterocycles. The lowest BCUT2D eigenvalue weighted by molar-refractivity contribution is -0.138. The molecule has 0 aliphatic heterocycles. The predicted molar refractivity (Wildman–Crippen MR) is 88.4 cm³/mol. The zero-order chi connectivity index (χ0) is 16.8. The predicted octanol–water partition coefficient (Wildman–Crippen LogP) is 3.28. The number of aliphatic hydroxyl groups excluding tert-OH is 1. The molecule has 2 rings (SSSR count). The first-order valence-corrected chi connectivity index (χ1v) is 7.26. The summed E-state index contributed by atoms with van der Waals surface area (Å²) in [6, 6.07) is 11.3. The van der Waals surface area contributed by atoms with Gasteiger partial charge in [0.2, 0.25) is 0 Å². The summed E-state index contributed by atoms with van der Waals surface area (Å²) >= 11 is 0. The average Bonchev–Trinajstić information content (AvgIpc) is 2.89. The molecule has 1 aromatic carbocycles. The number of allylic oxidation sites excluding steroid dienone is 1. The van der Waals surface area contributed by atoms with Gasteiger partial charge in [0.1, 0.15) is 11.3 Å². The Morgan fingerprint density at radius 1 is 1.39 bits per heavy atom. The van der Waals surface area contributed by atoms with Gasteiger partial charge in [-0.1, -0.05) is 18.2 Å². The number of hydrogen-bond donors (Lipinski definition) is 1. The van der Waals surface area contributed by atoms with Gasteiger partial charge in [-0.15, -0.1) is 0 Å². The van der Waals surface area contributed by atoms with Gasteiger partial charge in [-0.25, -0.2) is 14.5 Å². The van der Waals surface area contributed by atoms with Crippen molar-refractivity contribution in [3.8, 4) is 5.69 Å². The number of rotatable bonds is 5. The van der Waals surface area contributed by atoms with Gasteiger partial charge in [0.05, 0.1) is 18.0 Å². The Hall–Kier alpha value is -2.89. The van der Waals surface area contributed by atoms with E-state index in [4.69, 9.17) is 4.74 Å². The van der Waals surface area contributed by atoms with Crippen LogP contribution in [0.4, 0.5) is 5.82 Å². The molecule has 6 nitrogen and oxygen atoms in total. The van der Waals surface area contributed by atoms with Crippen LogP contribution >= 0.6 is 0 Å². The van der Waals surface area contributed by atoms with Gasteiger partial charge < -0.3 is 9.84 Å². The van der Waals surface area contributed by atoms with Crippen LogP contribution in [0.25, 0.3) is 5.69 Å². The number of para-hydroxylation sites is 1. The minimum absolute atomic E-state index is 0.0188. The molecule has 0 amide bonds. The molecule has 1 heterocycles. The number of hydrogen-bond acceptors (Lipinski definition) is 5. The van der Waals surface area contributed by atoms with Crippen LogP contribution in [-0.2, 0) is 9.53 Å². The largest absolute Gasteiger partial charge is 0.512 e. The van der Waals surface area contributed by atoms with Crippen LogP contribution in [0.2, 0.25) is 0 Å². The highest BCUT2D eigenvalue weighted by Crippen LogP contribution is 2.19. The standard InChI is InChI=1S/C17H19N3O3/c1-4-23-17(22)15(13(3)21)11-18-16-10-12(2)19-20(16)14-8-6-5-7-9-14/h5-11,21H,4H2,1-3H3.